The predicted molar refractivity (Wildman–Crippen MR) is 52.2 cm³/mol. The molecule has 102 valence electrons. The summed E-state index contributed by atoms with van der Waals surface area (Å²) in [7, 11) is 0. The standard InChI is InChI=1S/C10H17F3O4/c1-2-3-5-7(10(11,12)13)9(16)8(15)6(4-14)17-5/h5-9,14-16H,2-4H2,1H3. The lowest BCUT2D eigenvalue weighted by molar-refractivity contribution is -0.293. The number of aliphatic hydroxyl groups is 3. The van der Waals surface area contributed by atoms with Crippen LogP contribution in [-0.4, -0.2) is 52.5 Å². The highest BCUT2D eigenvalue weighted by atomic mass is 19.4. The van der Waals surface area contributed by atoms with Gasteiger partial charge in [0.2, 0.25) is 0 Å². The second kappa shape index (κ2) is 5.51. The van der Waals surface area contributed by atoms with Crippen molar-refractivity contribution < 1.29 is 33.2 Å². The molecule has 1 fully saturated rings. The Morgan fingerprint density at radius 3 is 2.12 bits per heavy atom. The van der Waals surface area contributed by atoms with Gasteiger partial charge in [0.15, 0.2) is 0 Å². The molecule has 0 aliphatic carbocycles. The molecular weight excluding hydrogens is 241 g/mol. The Kier molecular flexibility index (Phi) is 4.77. The lowest BCUT2D eigenvalue weighted by atomic mass is 9.84. The van der Waals surface area contributed by atoms with E-state index in [2.05, 4.69) is 0 Å². The minimum absolute atomic E-state index is 0.116. The number of alkyl halides is 3. The Hall–Kier alpha value is -0.370. The van der Waals surface area contributed by atoms with Crippen LogP contribution in [0.5, 0.6) is 0 Å². The summed E-state index contributed by atoms with van der Waals surface area (Å²) < 4.78 is 43.3. The average molecular weight is 258 g/mol. The molecule has 1 heterocycles. The van der Waals surface area contributed by atoms with Gasteiger partial charge in [0.05, 0.1) is 18.8 Å². The predicted octanol–water partition coefficient (Wildman–Crippen LogP) is 0.446. The van der Waals surface area contributed by atoms with Crippen molar-refractivity contribution in [2.75, 3.05) is 6.61 Å². The molecule has 4 nitrogen and oxygen atoms in total. The van der Waals surface area contributed by atoms with Gasteiger partial charge >= 0.3 is 6.18 Å². The van der Waals surface area contributed by atoms with Gasteiger partial charge in [-0.15, -0.1) is 0 Å². The summed E-state index contributed by atoms with van der Waals surface area (Å²) >= 11 is 0. The Bertz CT molecular complexity index is 246. The van der Waals surface area contributed by atoms with Crippen molar-refractivity contribution in [1.29, 1.82) is 0 Å². The zero-order valence-electron chi connectivity index (χ0n) is 9.39. The van der Waals surface area contributed by atoms with Gasteiger partial charge in [-0.05, 0) is 6.42 Å². The van der Waals surface area contributed by atoms with Crippen LogP contribution in [0.4, 0.5) is 13.2 Å². The molecule has 1 aliphatic rings. The van der Waals surface area contributed by atoms with E-state index in [0.717, 1.165) is 0 Å². The molecule has 7 heteroatoms. The molecule has 0 aromatic carbocycles. The van der Waals surface area contributed by atoms with Crippen LogP contribution in [0.1, 0.15) is 19.8 Å². The van der Waals surface area contributed by atoms with Gasteiger partial charge in [-0.25, -0.2) is 0 Å². The van der Waals surface area contributed by atoms with E-state index in [9.17, 15) is 23.4 Å². The third kappa shape index (κ3) is 3.09. The van der Waals surface area contributed by atoms with Crippen LogP contribution in [0, 0.1) is 5.92 Å². The van der Waals surface area contributed by atoms with Crippen molar-refractivity contribution in [2.24, 2.45) is 5.92 Å². The SMILES string of the molecule is CCCC1OC(CO)C(O)C(O)C1C(F)(F)F. The lowest BCUT2D eigenvalue weighted by Crippen LogP contribution is -2.59. The normalized spacial score (nSPS) is 39.4. The summed E-state index contributed by atoms with van der Waals surface area (Å²) in [5, 5.41) is 27.8. The van der Waals surface area contributed by atoms with Gasteiger partial charge in [-0.3, -0.25) is 0 Å². The number of halogens is 3. The average Bonchev–Trinajstić information content (AvgIpc) is 2.21. The highest BCUT2D eigenvalue weighted by Gasteiger charge is 2.55. The largest absolute Gasteiger partial charge is 0.396 e. The van der Waals surface area contributed by atoms with Crippen molar-refractivity contribution in [1.82, 2.24) is 0 Å². The summed E-state index contributed by atoms with van der Waals surface area (Å²) in [5.41, 5.74) is 0. The summed E-state index contributed by atoms with van der Waals surface area (Å²) in [4.78, 5) is 0. The Morgan fingerprint density at radius 1 is 1.12 bits per heavy atom. The number of hydrogen-bond acceptors (Lipinski definition) is 4. The second-order valence-corrected chi connectivity index (χ2v) is 4.23. The molecule has 0 amide bonds. The van der Waals surface area contributed by atoms with Crippen LogP contribution >= 0.6 is 0 Å². The van der Waals surface area contributed by atoms with Gasteiger partial charge in [-0.2, -0.15) is 13.2 Å². The molecule has 5 atom stereocenters. The van der Waals surface area contributed by atoms with Crippen LogP contribution in [0.2, 0.25) is 0 Å². The number of rotatable bonds is 3. The summed E-state index contributed by atoms with van der Waals surface area (Å²) in [6.45, 7) is 1.07. The van der Waals surface area contributed by atoms with Gasteiger partial charge in [0, 0.05) is 0 Å². The van der Waals surface area contributed by atoms with Crippen LogP contribution < -0.4 is 0 Å². The van der Waals surface area contributed by atoms with Crippen LogP contribution in [0.25, 0.3) is 0 Å². The molecule has 5 unspecified atom stereocenters. The zero-order chi connectivity index (χ0) is 13.2. The van der Waals surface area contributed by atoms with E-state index in [-0.39, 0.29) is 6.42 Å². The highest BCUT2D eigenvalue weighted by Crippen LogP contribution is 2.39. The minimum atomic E-state index is -4.64. The maximum Gasteiger partial charge on any atom is 0.396 e. The molecule has 0 aromatic heterocycles. The number of ether oxygens (including phenoxy) is 1. The Morgan fingerprint density at radius 2 is 1.71 bits per heavy atom. The molecule has 1 rings (SSSR count). The fraction of sp³-hybridized carbons (Fsp3) is 1.00. The second-order valence-electron chi connectivity index (χ2n) is 4.23. The zero-order valence-corrected chi connectivity index (χ0v) is 9.39. The van der Waals surface area contributed by atoms with E-state index in [0.29, 0.717) is 6.42 Å². The molecule has 0 radical (unpaired) electrons. The lowest BCUT2D eigenvalue weighted by Gasteiger charge is -2.43. The maximum absolute atomic E-state index is 12.8. The monoisotopic (exact) mass is 258 g/mol. The van der Waals surface area contributed by atoms with Crippen LogP contribution in [0.15, 0.2) is 0 Å². The quantitative estimate of drug-likeness (QED) is 0.687. The van der Waals surface area contributed by atoms with Crippen LogP contribution in [-0.2, 0) is 4.74 Å². The van der Waals surface area contributed by atoms with Crippen molar-refractivity contribution in [3.63, 3.8) is 0 Å². The molecule has 3 N–H and O–H groups in total. The topological polar surface area (TPSA) is 69.9 Å². The Labute approximate surface area is 97.0 Å². The summed E-state index contributed by atoms with van der Waals surface area (Å²) in [6, 6.07) is 0. The molecule has 0 saturated carbocycles. The van der Waals surface area contributed by atoms with Gasteiger partial charge in [0.25, 0.3) is 0 Å². The van der Waals surface area contributed by atoms with Gasteiger partial charge in [-0.1, -0.05) is 13.3 Å². The smallest absolute Gasteiger partial charge is 0.394 e. The van der Waals surface area contributed by atoms with E-state index in [1.165, 1.54) is 0 Å². The maximum atomic E-state index is 12.8. The van der Waals surface area contributed by atoms with E-state index >= 15 is 0 Å². The third-order valence-electron chi connectivity index (χ3n) is 2.98. The molecule has 1 aliphatic heterocycles. The van der Waals surface area contributed by atoms with E-state index in [4.69, 9.17) is 9.84 Å². The van der Waals surface area contributed by atoms with Crippen molar-refractivity contribution >= 4 is 0 Å². The molecule has 1 saturated heterocycles. The molecule has 0 aromatic rings. The minimum Gasteiger partial charge on any atom is -0.394 e. The van der Waals surface area contributed by atoms with E-state index < -0.39 is 43.1 Å². The first-order valence-corrected chi connectivity index (χ1v) is 5.52. The molecule has 0 bridgehead atoms. The van der Waals surface area contributed by atoms with E-state index in [1.807, 2.05) is 0 Å². The summed E-state index contributed by atoms with van der Waals surface area (Å²) in [5.74, 6) is -2.11. The van der Waals surface area contributed by atoms with Crippen molar-refractivity contribution in [3.05, 3.63) is 0 Å². The fourth-order valence-electron chi connectivity index (χ4n) is 2.13. The first kappa shape index (κ1) is 14.7. The van der Waals surface area contributed by atoms with Gasteiger partial charge < -0.3 is 20.1 Å². The molecular formula is C10H17F3O4. The fourth-order valence-corrected chi connectivity index (χ4v) is 2.13. The van der Waals surface area contributed by atoms with Crippen molar-refractivity contribution in [2.45, 2.75) is 50.4 Å². The Balaban J connectivity index is 2.91. The third-order valence-corrected chi connectivity index (χ3v) is 2.98. The number of aliphatic hydroxyl groups excluding tert-OH is 3. The first-order valence-electron chi connectivity index (χ1n) is 5.52. The van der Waals surface area contributed by atoms with E-state index in [1.54, 1.807) is 6.92 Å². The molecule has 0 spiro atoms. The van der Waals surface area contributed by atoms with Crippen LogP contribution in [0.3, 0.4) is 0 Å². The van der Waals surface area contributed by atoms with Crippen molar-refractivity contribution in [3.8, 4) is 0 Å². The summed E-state index contributed by atoms with van der Waals surface area (Å²) in [6.07, 6.45) is -10.1. The molecule has 17 heavy (non-hydrogen) atoms. The highest BCUT2D eigenvalue weighted by molar-refractivity contribution is 4.94. The number of hydrogen-bond donors (Lipinski definition) is 3. The first-order chi connectivity index (χ1) is 7.82. The van der Waals surface area contributed by atoms with Gasteiger partial charge in [0.1, 0.15) is 18.1 Å².